The first-order valence-electron chi connectivity index (χ1n) is 7.19. The fourth-order valence-corrected chi connectivity index (χ4v) is 2.00. The largest absolute Gasteiger partial charge is 0.317 e. The predicted molar refractivity (Wildman–Crippen MR) is 80.0 cm³/mol. The van der Waals surface area contributed by atoms with E-state index in [0.717, 1.165) is 26.1 Å². The summed E-state index contributed by atoms with van der Waals surface area (Å²) in [6.07, 6.45) is 3.59. The van der Waals surface area contributed by atoms with Gasteiger partial charge in [0.05, 0.1) is 0 Å². The van der Waals surface area contributed by atoms with Crippen LogP contribution in [0.1, 0.15) is 32.3 Å². The average Bonchev–Trinajstić information content (AvgIpc) is 2.42. The van der Waals surface area contributed by atoms with Gasteiger partial charge >= 0.3 is 0 Å². The van der Waals surface area contributed by atoms with E-state index < -0.39 is 0 Å². The lowest BCUT2D eigenvalue weighted by Crippen LogP contribution is -2.33. The summed E-state index contributed by atoms with van der Waals surface area (Å²) in [6.45, 7) is 7.94. The summed E-state index contributed by atoms with van der Waals surface area (Å²) in [5.74, 6) is 0. The van der Waals surface area contributed by atoms with Gasteiger partial charge in [-0.1, -0.05) is 37.3 Å². The van der Waals surface area contributed by atoms with Gasteiger partial charge in [-0.05, 0) is 51.9 Å². The molecule has 0 radical (unpaired) electrons. The minimum atomic E-state index is 0.651. The molecule has 1 rings (SSSR count). The number of nitrogens with zero attached hydrogens (tertiary/aromatic N) is 1. The highest BCUT2D eigenvalue weighted by atomic mass is 15.1. The van der Waals surface area contributed by atoms with E-state index in [2.05, 4.69) is 61.4 Å². The third-order valence-corrected chi connectivity index (χ3v) is 3.51. The van der Waals surface area contributed by atoms with Gasteiger partial charge in [-0.2, -0.15) is 0 Å². The molecule has 1 aromatic rings. The Labute approximate surface area is 112 Å². The molecule has 0 bridgehead atoms. The van der Waals surface area contributed by atoms with Crippen molar-refractivity contribution in [3.05, 3.63) is 35.9 Å². The molecule has 1 N–H and O–H groups in total. The standard InChI is InChI=1S/C16H28N2/c1-4-12-17-13-10-15(2)18(3)14-11-16-8-6-5-7-9-16/h5-9,15,17H,4,10-14H2,1-3H3. The number of hydrogen-bond donors (Lipinski definition) is 1. The Kier molecular flexibility index (Phi) is 7.70. The van der Waals surface area contributed by atoms with Gasteiger partial charge in [-0.15, -0.1) is 0 Å². The first-order valence-corrected chi connectivity index (χ1v) is 7.19. The maximum absolute atomic E-state index is 3.47. The molecule has 0 aliphatic heterocycles. The molecule has 2 heteroatoms. The highest BCUT2D eigenvalue weighted by molar-refractivity contribution is 5.14. The van der Waals surface area contributed by atoms with Crippen LogP contribution in [0.5, 0.6) is 0 Å². The SMILES string of the molecule is CCCNCCC(C)N(C)CCc1ccccc1. The van der Waals surface area contributed by atoms with E-state index in [0.29, 0.717) is 6.04 Å². The predicted octanol–water partition coefficient (Wildman–Crippen LogP) is 2.94. The fourth-order valence-electron chi connectivity index (χ4n) is 2.00. The van der Waals surface area contributed by atoms with Gasteiger partial charge in [-0.3, -0.25) is 0 Å². The van der Waals surface area contributed by atoms with Crippen molar-refractivity contribution in [2.45, 2.75) is 39.2 Å². The van der Waals surface area contributed by atoms with E-state index >= 15 is 0 Å². The van der Waals surface area contributed by atoms with E-state index in [4.69, 9.17) is 0 Å². The molecule has 0 aliphatic carbocycles. The zero-order chi connectivity index (χ0) is 13.2. The normalized spacial score (nSPS) is 12.9. The Bertz CT molecular complexity index is 297. The van der Waals surface area contributed by atoms with Crippen LogP contribution in [0.4, 0.5) is 0 Å². The lowest BCUT2D eigenvalue weighted by molar-refractivity contribution is 0.247. The maximum atomic E-state index is 3.47. The molecule has 102 valence electrons. The molecule has 0 spiro atoms. The first kappa shape index (κ1) is 15.2. The van der Waals surface area contributed by atoms with Crippen LogP contribution in [-0.2, 0) is 6.42 Å². The van der Waals surface area contributed by atoms with Crippen LogP contribution in [0.3, 0.4) is 0 Å². The van der Waals surface area contributed by atoms with Crippen LogP contribution < -0.4 is 5.32 Å². The summed E-state index contributed by atoms with van der Waals surface area (Å²) < 4.78 is 0. The summed E-state index contributed by atoms with van der Waals surface area (Å²) >= 11 is 0. The number of rotatable bonds is 9. The molecular formula is C16H28N2. The Morgan fingerprint density at radius 1 is 1.17 bits per heavy atom. The lowest BCUT2D eigenvalue weighted by Gasteiger charge is -2.24. The van der Waals surface area contributed by atoms with Crippen molar-refractivity contribution in [1.29, 1.82) is 0 Å². The van der Waals surface area contributed by atoms with E-state index in [1.807, 2.05) is 0 Å². The number of nitrogens with one attached hydrogen (secondary N) is 1. The molecule has 1 unspecified atom stereocenters. The van der Waals surface area contributed by atoms with Crippen LogP contribution >= 0.6 is 0 Å². The number of likely N-dealkylation sites (N-methyl/N-ethyl adjacent to an activating group) is 1. The van der Waals surface area contributed by atoms with Gasteiger partial charge in [0, 0.05) is 12.6 Å². The third kappa shape index (κ3) is 6.18. The van der Waals surface area contributed by atoms with Crippen molar-refractivity contribution < 1.29 is 0 Å². The molecule has 0 fully saturated rings. The van der Waals surface area contributed by atoms with Crippen molar-refractivity contribution in [2.24, 2.45) is 0 Å². The monoisotopic (exact) mass is 248 g/mol. The molecule has 1 atom stereocenters. The van der Waals surface area contributed by atoms with Crippen LogP contribution in [0.2, 0.25) is 0 Å². The molecule has 2 nitrogen and oxygen atoms in total. The smallest absolute Gasteiger partial charge is 0.00760 e. The molecule has 0 aliphatic rings. The van der Waals surface area contributed by atoms with Crippen molar-refractivity contribution in [3.63, 3.8) is 0 Å². The average molecular weight is 248 g/mol. The zero-order valence-electron chi connectivity index (χ0n) is 12.2. The molecule has 0 heterocycles. The number of benzene rings is 1. The first-order chi connectivity index (χ1) is 8.74. The molecule has 0 saturated carbocycles. The minimum Gasteiger partial charge on any atom is -0.317 e. The quantitative estimate of drug-likeness (QED) is 0.676. The Morgan fingerprint density at radius 2 is 1.89 bits per heavy atom. The van der Waals surface area contributed by atoms with E-state index in [9.17, 15) is 0 Å². The number of hydrogen-bond acceptors (Lipinski definition) is 2. The summed E-state index contributed by atoms with van der Waals surface area (Å²) in [6, 6.07) is 11.4. The summed E-state index contributed by atoms with van der Waals surface area (Å²) in [4.78, 5) is 2.46. The second-order valence-corrected chi connectivity index (χ2v) is 5.10. The van der Waals surface area contributed by atoms with Gasteiger partial charge in [0.2, 0.25) is 0 Å². The van der Waals surface area contributed by atoms with Crippen molar-refractivity contribution in [1.82, 2.24) is 10.2 Å². The van der Waals surface area contributed by atoms with Crippen LogP contribution in [0.25, 0.3) is 0 Å². The zero-order valence-corrected chi connectivity index (χ0v) is 12.2. The Hall–Kier alpha value is -0.860. The summed E-state index contributed by atoms with van der Waals surface area (Å²) in [7, 11) is 2.23. The van der Waals surface area contributed by atoms with Gasteiger partial charge < -0.3 is 10.2 Å². The van der Waals surface area contributed by atoms with E-state index in [1.165, 1.54) is 18.4 Å². The van der Waals surface area contributed by atoms with Gasteiger partial charge in [0.15, 0.2) is 0 Å². The lowest BCUT2D eigenvalue weighted by atomic mass is 10.1. The van der Waals surface area contributed by atoms with Crippen LogP contribution in [0.15, 0.2) is 30.3 Å². The van der Waals surface area contributed by atoms with Gasteiger partial charge in [0.25, 0.3) is 0 Å². The highest BCUT2D eigenvalue weighted by Crippen LogP contribution is 2.04. The topological polar surface area (TPSA) is 15.3 Å². The van der Waals surface area contributed by atoms with Crippen molar-refractivity contribution in [3.8, 4) is 0 Å². The van der Waals surface area contributed by atoms with Gasteiger partial charge in [-0.25, -0.2) is 0 Å². The maximum Gasteiger partial charge on any atom is 0.00760 e. The third-order valence-electron chi connectivity index (χ3n) is 3.51. The molecule has 0 saturated heterocycles. The summed E-state index contributed by atoms with van der Waals surface area (Å²) in [5, 5.41) is 3.47. The van der Waals surface area contributed by atoms with Crippen molar-refractivity contribution in [2.75, 3.05) is 26.7 Å². The molecule has 0 aromatic heterocycles. The second-order valence-electron chi connectivity index (χ2n) is 5.10. The minimum absolute atomic E-state index is 0.651. The second kappa shape index (κ2) is 9.12. The van der Waals surface area contributed by atoms with Gasteiger partial charge in [0.1, 0.15) is 0 Å². The molecule has 1 aromatic carbocycles. The van der Waals surface area contributed by atoms with Crippen LogP contribution in [-0.4, -0.2) is 37.6 Å². The van der Waals surface area contributed by atoms with E-state index in [-0.39, 0.29) is 0 Å². The van der Waals surface area contributed by atoms with Crippen LogP contribution in [0, 0.1) is 0 Å². The Balaban J connectivity index is 2.17. The highest BCUT2D eigenvalue weighted by Gasteiger charge is 2.08. The Morgan fingerprint density at radius 3 is 2.56 bits per heavy atom. The summed E-state index contributed by atoms with van der Waals surface area (Å²) in [5.41, 5.74) is 1.43. The molecular weight excluding hydrogens is 220 g/mol. The van der Waals surface area contributed by atoms with E-state index in [1.54, 1.807) is 0 Å². The molecule has 0 amide bonds. The fraction of sp³-hybridized carbons (Fsp3) is 0.625. The van der Waals surface area contributed by atoms with Crippen molar-refractivity contribution >= 4 is 0 Å². The molecule has 18 heavy (non-hydrogen) atoms.